The number of rotatable bonds is 1. The summed E-state index contributed by atoms with van der Waals surface area (Å²) in [5, 5.41) is -0.167. The molecule has 11 heavy (non-hydrogen) atoms. The van der Waals surface area contributed by atoms with Crippen LogP contribution in [0.4, 0.5) is 0 Å². The highest BCUT2D eigenvalue weighted by Crippen LogP contribution is 2.72. The lowest BCUT2D eigenvalue weighted by Crippen LogP contribution is -2.19. The molecule has 4 aliphatic carbocycles. The Hall–Kier alpha value is 0.240. The zero-order valence-corrected chi connectivity index (χ0v) is 7.48. The molecule has 2 nitrogen and oxygen atoms in total. The van der Waals surface area contributed by atoms with Gasteiger partial charge in [0.05, 0.1) is 5.25 Å². The average Bonchev–Trinajstić information content (AvgIpc) is 2.35. The molecule has 4 heteroatoms. The first-order valence-electron chi connectivity index (χ1n) is 4.02. The zero-order valence-electron chi connectivity index (χ0n) is 5.90. The molecule has 0 aromatic carbocycles. The van der Waals surface area contributed by atoms with Crippen molar-refractivity contribution >= 4 is 19.7 Å². The van der Waals surface area contributed by atoms with Crippen LogP contribution in [0.3, 0.4) is 0 Å². The number of hydrogen-bond acceptors (Lipinski definition) is 2. The van der Waals surface area contributed by atoms with Crippen molar-refractivity contribution in [2.45, 2.75) is 18.1 Å². The molecule has 62 valence electrons. The predicted octanol–water partition coefficient (Wildman–Crippen LogP) is 1.21. The van der Waals surface area contributed by atoms with Crippen LogP contribution in [0.2, 0.25) is 0 Å². The fourth-order valence-electron chi connectivity index (χ4n) is 3.42. The highest BCUT2D eigenvalue weighted by molar-refractivity contribution is 8.14. The summed E-state index contributed by atoms with van der Waals surface area (Å²) in [5.74, 6) is 2.34. The minimum Gasteiger partial charge on any atom is -0.212 e. The van der Waals surface area contributed by atoms with Gasteiger partial charge in [-0.3, -0.25) is 0 Å². The fourth-order valence-corrected chi connectivity index (χ4v) is 5.68. The SMILES string of the molecule is O=S(=O)(Cl)C1C2CC3C(C2)C31. The molecule has 0 heterocycles. The van der Waals surface area contributed by atoms with Crippen LogP contribution in [-0.2, 0) is 9.05 Å². The first-order valence-corrected chi connectivity index (χ1v) is 6.40. The first kappa shape index (κ1) is 6.72. The van der Waals surface area contributed by atoms with Gasteiger partial charge in [0.1, 0.15) is 0 Å². The molecule has 0 aromatic heterocycles. The molecular weight excluding hydrogens is 184 g/mol. The van der Waals surface area contributed by atoms with Crippen molar-refractivity contribution in [1.82, 2.24) is 0 Å². The van der Waals surface area contributed by atoms with E-state index in [9.17, 15) is 8.42 Å². The number of halogens is 1. The second-order valence-electron chi connectivity index (χ2n) is 4.08. The van der Waals surface area contributed by atoms with Gasteiger partial charge in [0.15, 0.2) is 0 Å². The molecule has 4 fully saturated rings. The van der Waals surface area contributed by atoms with Crippen molar-refractivity contribution in [3.63, 3.8) is 0 Å². The van der Waals surface area contributed by atoms with Gasteiger partial charge in [-0.2, -0.15) is 0 Å². The molecule has 3 atom stereocenters. The quantitative estimate of drug-likeness (QED) is 0.586. The Morgan fingerprint density at radius 1 is 1.18 bits per heavy atom. The van der Waals surface area contributed by atoms with E-state index in [1.165, 1.54) is 0 Å². The van der Waals surface area contributed by atoms with Gasteiger partial charge in [-0.1, -0.05) is 0 Å². The second kappa shape index (κ2) is 1.62. The van der Waals surface area contributed by atoms with Crippen LogP contribution in [0, 0.1) is 23.7 Å². The highest BCUT2D eigenvalue weighted by Gasteiger charge is 2.71. The van der Waals surface area contributed by atoms with Crippen LogP contribution in [-0.4, -0.2) is 13.7 Å². The normalized spacial score (nSPS) is 58.5. The summed E-state index contributed by atoms with van der Waals surface area (Å²) in [7, 11) is 2.11. The maximum Gasteiger partial charge on any atom is 0.236 e. The molecule has 0 saturated heterocycles. The van der Waals surface area contributed by atoms with E-state index in [-0.39, 0.29) is 5.25 Å². The molecule has 0 spiro atoms. The van der Waals surface area contributed by atoms with E-state index < -0.39 is 9.05 Å². The van der Waals surface area contributed by atoms with E-state index >= 15 is 0 Å². The minimum absolute atomic E-state index is 0.167. The van der Waals surface area contributed by atoms with Crippen molar-refractivity contribution in [2.24, 2.45) is 23.7 Å². The van der Waals surface area contributed by atoms with Gasteiger partial charge in [-0.15, -0.1) is 0 Å². The lowest BCUT2D eigenvalue weighted by molar-refractivity contribution is 0.554. The van der Waals surface area contributed by atoms with E-state index in [2.05, 4.69) is 0 Å². The summed E-state index contributed by atoms with van der Waals surface area (Å²) in [5.41, 5.74) is 0. The van der Waals surface area contributed by atoms with Gasteiger partial charge >= 0.3 is 0 Å². The molecule has 4 rings (SSSR count). The molecule has 0 N–H and O–H groups in total. The largest absolute Gasteiger partial charge is 0.236 e. The average molecular weight is 193 g/mol. The molecule has 0 amide bonds. The van der Waals surface area contributed by atoms with Gasteiger partial charge in [0.2, 0.25) is 9.05 Å². The Kier molecular flexibility index (Phi) is 0.989. The molecule has 0 aromatic rings. The van der Waals surface area contributed by atoms with E-state index in [1.54, 1.807) is 0 Å². The molecule has 0 radical (unpaired) electrons. The van der Waals surface area contributed by atoms with Crippen LogP contribution < -0.4 is 0 Å². The summed E-state index contributed by atoms with van der Waals surface area (Å²) in [6, 6.07) is 0. The summed E-state index contributed by atoms with van der Waals surface area (Å²) >= 11 is 0. The minimum atomic E-state index is -3.25. The highest BCUT2D eigenvalue weighted by atomic mass is 35.7. The monoisotopic (exact) mass is 192 g/mol. The van der Waals surface area contributed by atoms with Crippen molar-refractivity contribution in [3.8, 4) is 0 Å². The molecule has 3 unspecified atom stereocenters. The lowest BCUT2D eigenvalue weighted by Gasteiger charge is -2.09. The van der Waals surface area contributed by atoms with Crippen LogP contribution in [0.5, 0.6) is 0 Å². The van der Waals surface area contributed by atoms with Crippen LogP contribution in [0.1, 0.15) is 12.8 Å². The van der Waals surface area contributed by atoms with E-state index in [0.717, 1.165) is 24.7 Å². The third kappa shape index (κ3) is 0.669. The third-order valence-corrected chi connectivity index (χ3v) is 5.68. The molecule has 4 saturated carbocycles. The van der Waals surface area contributed by atoms with Crippen LogP contribution >= 0.6 is 10.7 Å². The summed E-state index contributed by atoms with van der Waals surface area (Å²) in [6.07, 6.45) is 2.26. The van der Waals surface area contributed by atoms with Crippen molar-refractivity contribution in [2.75, 3.05) is 0 Å². The van der Waals surface area contributed by atoms with Gasteiger partial charge in [-0.25, -0.2) is 8.42 Å². The van der Waals surface area contributed by atoms with Crippen LogP contribution in [0.25, 0.3) is 0 Å². The predicted molar refractivity (Wildman–Crippen MR) is 41.8 cm³/mol. The standard InChI is InChI=1S/C7H9ClO2S/c8-11(9,10)7-3-1-4-5(2-3)6(4)7/h3-7H,1-2H2. The number of hydrogen-bond donors (Lipinski definition) is 0. The Labute approximate surface area is 70.3 Å². The van der Waals surface area contributed by atoms with Crippen LogP contribution in [0.15, 0.2) is 0 Å². The maximum atomic E-state index is 11.1. The van der Waals surface area contributed by atoms with E-state index in [4.69, 9.17) is 10.7 Å². The molecular formula is C7H9ClO2S. The molecule has 4 aliphatic rings. The summed E-state index contributed by atoms with van der Waals surface area (Å²) in [4.78, 5) is 0. The molecule has 4 bridgehead atoms. The second-order valence-corrected chi connectivity index (χ2v) is 6.86. The van der Waals surface area contributed by atoms with Crippen molar-refractivity contribution in [1.29, 1.82) is 0 Å². The fraction of sp³-hybridized carbons (Fsp3) is 1.00. The van der Waals surface area contributed by atoms with Gasteiger partial charge in [-0.05, 0) is 36.5 Å². The van der Waals surface area contributed by atoms with Gasteiger partial charge in [0, 0.05) is 10.7 Å². The van der Waals surface area contributed by atoms with E-state index in [1.807, 2.05) is 0 Å². The van der Waals surface area contributed by atoms with Crippen molar-refractivity contribution < 1.29 is 8.42 Å². The summed E-state index contributed by atoms with van der Waals surface area (Å²) in [6.45, 7) is 0. The van der Waals surface area contributed by atoms with Crippen molar-refractivity contribution in [3.05, 3.63) is 0 Å². The smallest absolute Gasteiger partial charge is 0.212 e. The van der Waals surface area contributed by atoms with Gasteiger partial charge in [0.25, 0.3) is 0 Å². The zero-order chi connectivity index (χ0) is 7.80. The topological polar surface area (TPSA) is 34.1 Å². The lowest BCUT2D eigenvalue weighted by atomic mass is 10.1. The first-order chi connectivity index (χ1) is 5.09. The van der Waals surface area contributed by atoms with E-state index in [0.29, 0.717) is 11.8 Å². The Morgan fingerprint density at radius 3 is 1.91 bits per heavy atom. The molecule has 0 aliphatic heterocycles. The third-order valence-electron chi connectivity index (χ3n) is 3.72. The Balaban J connectivity index is 2.04. The maximum absolute atomic E-state index is 11.1. The Bertz CT molecular complexity index is 296. The van der Waals surface area contributed by atoms with Gasteiger partial charge < -0.3 is 0 Å². The Morgan fingerprint density at radius 2 is 1.73 bits per heavy atom. The summed E-state index contributed by atoms with van der Waals surface area (Å²) < 4.78 is 22.1.